The van der Waals surface area contributed by atoms with Gasteiger partial charge in [0.25, 0.3) is 0 Å². The Morgan fingerprint density at radius 1 is 1.18 bits per heavy atom. The summed E-state index contributed by atoms with van der Waals surface area (Å²) in [5.74, 6) is 0.801. The maximum atomic E-state index is 11.7. The molecule has 0 bridgehead atoms. The van der Waals surface area contributed by atoms with Crippen LogP contribution in [0.25, 0.3) is 0 Å². The summed E-state index contributed by atoms with van der Waals surface area (Å²) in [6.45, 7) is 1.27. The summed E-state index contributed by atoms with van der Waals surface area (Å²) in [5.41, 5.74) is 1.70. The van der Waals surface area contributed by atoms with Gasteiger partial charge in [-0.2, -0.15) is 0 Å². The normalized spacial score (nSPS) is 13.2. The minimum absolute atomic E-state index is 0. The maximum absolute atomic E-state index is 11.7. The molecule has 0 aromatic heterocycles. The van der Waals surface area contributed by atoms with Crippen molar-refractivity contribution in [3.05, 3.63) is 29.8 Å². The maximum Gasteiger partial charge on any atom is 0.238 e. The Kier molecular flexibility index (Phi) is 7.35. The molecule has 0 unspecified atom stereocenters. The van der Waals surface area contributed by atoms with Gasteiger partial charge in [0.1, 0.15) is 0 Å². The number of carbonyl (C=O) groups is 2. The molecule has 1 saturated carbocycles. The van der Waals surface area contributed by atoms with Gasteiger partial charge in [-0.05, 0) is 43.0 Å². The third kappa shape index (κ3) is 6.45. The lowest BCUT2D eigenvalue weighted by Gasteiger charge is -2.11. The van der Waals surface area contributed by atoms with Crippen LogP contribution in [-0.2, 0) is 16.0 Å². The molecule has 1 fully saturated rings. The monoisotopic (exact) mass is 325 g/mol. The number of benzene rings is 1. The van der Waals surface area contributed by atoms with E-state index in [1.165, 1.54) is 12.8 Å². The number of hydrogen-bond donors (Lipinski definition) is 2. The van der Waals surface area contributed by atoms with E-state index in [0.717, 1.165) is 23.7 Å². The number of hydrogen-bond acceptors (Lipinski definition) is 3. The molecule has 1 aliphatic rings. The van der Waals surface area contributed by atoms with Crippen LogP contribution in [0.5, 0.6) is 0 Å². The van der Waals surface area contributed by atoms with Crippen molar-refractivity contribution < 1.29 is 9.59 Å². The third-order valence-corrected chi connectivity index (χ3v) is 3.51. The highest BCUT2D eigenvalue weighted by molar-refractivity contribution is 5.92. The lowest BCUT2D eigenvalue weighted by atomic mass is 10.1. The number of carbonyl (C=O) groups excluding carboxylic acids is 2. The molecule has 1 aliphatic carbocycles. The molecule has 0 saturated heterocycles. The van der Waals surface area contributed by atoms with E-state index in [1.54, 1.807) is 19.0 Å². The molecule has 0 aliphatic heterocycles. The van der Waals surface area contributed by atoms with E-state index in [4.69, 9.17) is 0 Å². The Morgan fingerprint density at radius 2 is 1.82 bits per heavy atom. The number of halogens is 1. The number of anilines is 1. The quantitative estimate of drug-likeness (QED) is 0.802. The van der Waals surface area contributed by atoms with E-state index in [1.807, 2.05) is 24.3 Å². The minimum Gasteiger partial charge on any atom is -0.349 e. The van der Waals surface area contributed by atoms with Crippen LogP contribution < -0.4 is 10.6 Å². The predicted octanol–water partition coefficient (Wildman–Crippen LogP) is 1.68. The average Bonchev–Trinajstić information content (AvgIpc) is 3.25. The molecule has 1 aromatic carbocycles. The molecule has 22 heavy (non-hydrogen) atoms. The van der Waals surface area contributed by atoms with Crippen LogP contribution in [-0.4, -0.2) is 43.9 Å². The summed E-state index contributed by atoms with van der Waals surface area (Å²) in [5, 5.41) is 6.00. The first-order valence-corrected chi connectivity index (χ1v) is 7.34. The van der Waals surface area contributed by atoms with Crippen molar-refractivity contribution in [1.82, 2.24) is 10.2 Å². The molecule has 0 atom stereocenters. The third-order valence-electron chi connectivity index (χ3n) is 3.51. The molecule has 0 radical (unpaired) electrons. The van der Waals surface area contributed by atoms with Crippen molar-refractivity contribution >= 4 is 29.9 Å². The molecule has 6 heteroatoms. The number of rotatable bonds is 7. The van der Waals surface area contributed by atoms with Crippen molar-refractivity contribution in [1.29, 1.82) is 0 Å². The number of nitrogens with one attached hydrogen (secondary N) is 2. The Hall–Kier alpha value is -1.59. The van der Waals surface area contributed by atoms with Crippen molar-refractivity contribution in [2.24, 2.45) is 5.92 Å². The lowest BCUT2D eigenvalue weighted by molar-refractivity contribution is -0.128. The van der Waals surface area contributed by atoms with Gasteiger partial charge < -0.3 is 15.5 Å². The fourth-order valence-electron chi connectivity index (χ4n) is 1.96. The summed E-state index contributed by atoms with van der Waals surface area (Å²) in [4.78, 5) is 24.9. The smallest absolute Gasteiger partial charge is 0.238 e. The highest BCUT2D eigenvalue weighted by Crippen LogP contribution is 2.27. The van der Waals surface area contributed by atoms with Gasteiger partial charge in [-0.25, -0.2) is 0 Å². The van der Waals surface area contributed by atoms with Gasteiger partial charge in [0.15, 0.2) is 0 Å². The van der Waals surface area contributed by atoms with E-state index in [9.17, 15) is 9.59 Å². The lowest BCUT2D eigenvalue weighted by Crippen LogP contribution is -2.29. The molecule has 0 heterocycles. The van der Waals surface area contributed by atoms with Crippen LogP contribution in [0.2, 0.25) is 0 Å². The van der Waals surface area contributed by atoms with Crippen LogP contribution in [0.4, 0.5) is 5.69 Å². The van der Waals surface area contributed by atoms with Crippen LogP contribution in [0.1, 0.15) is 18.4 Å². The first kappa shape index (κ1) is 18.5. The first-order chi connectivity index (χ1) is 10.0. The summed E-state index contributed by atoms with van der Waals surface area (Å²) < 4.78 is 0. The number of likely N-dealkylation sites (N-methyl/N-ethyl adjacent to an activating group) is 1. The standard InChI is InChI=1S/C16H23N3O2.ClH/c1-19(2)16(21)9-12-5-7-14(8-6-12)18-15(20)11-17-10-13-3-4-13;/h5-8,13,17H,3-4,9-11H2,1-2H3,(H,18,20);1H. The van der Waals surface area contributed by atoms with Gasteiger partial charge in [-0.15, -0.1) is 12.4 Å². The van der Waals surface area contributed by atoms with E-state index >= 15 is 0 Å². The second-order valence-electron chi connectivity index (χ2n) is 5.78. The molecule has 2 amide bonds. The minimum atomic E-state index is -0.0345. The van der Waals surface area contributed by atoms with E-state index in [0.29, 0.717) is 13.0 Å². The highest BCUT2D eigenvalue weighted by Gasteiger charge is 2.20. The Bertz CT molecular complexity index is 499. The van der Waals surface area contributed by atoms with Crippen molar-refractivity contribution in [3.8, 4) is 0 Å². The fraction of sp³-hybridized carbons (Fsp3) is 0.500. The summed E-state index contributed by atoms with van der Waals surface area (Å²) >= 11 is 0. The molecule has 1 aromatic rings. The predicted molar refractivity (Wildman–Crippen MR) is 90.3 cm³/mol. The molecule has 2 rings (SSSR count). The van der Waals surface area contributed by atoms with Crippen molar-refractivity contribution in [3.63, 3.8) is 0 Å². The number of nitrogens with zero attached hydrogens (tertiary/aromatic N) is 1. The molecule has 0 spiro atoms. The zero-order chi connectivity index (χ0) is 15.2. The molecule has 122 valence electrons. The molecule has 5 nitrogen and oxygen atoms in total. The van der Waals surface area contributed by atoms with Gasteiger partial charge >= 0.3 is 0 Å². The highest BCUT2D eigenvalue weighted by atomic mass is 35.5. The zero-order valence-electron chi connectivity index (χ0n) is 13.1. The second kappa shape index (κ2) is 8.76. The average molecular weight is 326 g/mol. The van der Waals surface area contributed by atoms with Crippen LogP contribution in [0, 0.1) is 5.92 Å². The Balaban J connectivity index is 0.00000242. The second-order valence-corrected chi connectivity index (χ2v) is 5.78. The van der Waals surface area contributed by atoms with Crippen LogP contribution in [0.15, 0.2) is 24.3 Å². The van der Waals surface area contributed by atoms with Gasteiger partial charge in [0.05, 0.1) is 13.0 Å². The fourth-order valence-corrected chi connectivity index (χ4v) is 1.96. The van der Waals surface area contributed by atoms with Gasteiger partial charge in [0.2, 0.25) is 11.8 Å². The Morgan fingerprint density at radius 3 is 2.36 bits per heavy atom. The molecular weight excluding hydrogens is 302 g/mol. The summed E-state index contributed by atoms with van der Waals surface area (Å²) in [6, 6.07) is 7.40. The largest absolute Gasteiger partial charge is 0.349 e. The van der Waals surface area contributed by atoms with E-state index in [2.05, 4.69) is 10.6 Å². The summed E-state index contributed by atoms with van der Waals surface area (Å²) in [6.07, 6.45) is 2.94. The van der Waals surface area contributed by atoms with E-state index < -0.39 is 0 Å². The molecule has 2 N–H and O–H groups in total. The number of amides is 2. The van der Waals surface area contributed by atoms with Gasteiger partial charge in [-0.1, -0.05) is 12.1 Å². The topological polar surface area (TPSA) is 61.4 Å². The molecular formula is C16H24ClN3O2. The van der Waals surface area contributed by atoms with Crippen LogP contribution in [0.3, 0.4) is 0 Å². The van der Waals surface area contributed by atoms with Crippen LogP contribution >= 0.6 is 12.4 Å². The van der Waals surface area contributed by atoms with Gasteiger partial charge in [-0.3, -0.25) is 9.59 Å². The SMILES string of the molecule is CN(C)C(=O)Cc1ccc(NC(=O)CNCC2CC2)cc1.Cl. The van der Waals surface area contributed by atoms with E-state index in [-0.39, 0.29) is 24.2 Å². The van der Waals surface area contributed by atoms with Gasteiger partial charge in [0, 0.05) is 19.8 Å². The zero-order valence-corrected chi connectivity index (χ0v) is 13.9. The van der Waals surface area contributed by atoms with Crippen molar-refractivity contribution in [2.75, 3.05) is 32.5 Å². The van der Waals surface area contributed by atoms with Crippen molar-refractivity contribution in [2.45, 2.75) is 19.3 Å². The Labute approximate surface area is 137 Å². The first-order valence-electron chi connectivity index (χ1n) is 7.34. The summed E-state index contributed by atoms with van der Waals surface area (Å²) in [7, 11) is 3.48.